The molecular weight excluding hydrogens is 298 g/mol. The summed E-state index contributed by atoms with van der Waals surface area (Å²) >= 11 is 0. The summed E-state index contributed by atoms with van der Waals surface area (Å²) in [6.07, 6.45) is 3.03. The van der Waals surface area contributed by atoms with Gasteiger partial charge in [0.15, 0.2) is 11.5 Å². The lowest BCUT2D eigenvalue weighted by Crippen LogP contribution is -2.41. The first-order valence-corrected chi connectivity index (χ1v) is 7.03. The van der Waals surface area contributed by atoms with Gasteiger partial charge in [-0.2, -0.15) is 5.10 Å². The first-order chi connectivity index (χ1) is 11.0. The van der Waals surface area contributed by atoms with Crippen LogP contribution in [0.5, 0.6) is 11.5 Å². The van der Waals surface area contributed by atoms with Crippen molar-refractivity contribution in [3.05, 3.63) is 36.4 Å². The van der Waals surface area contributed by atoms with Gasteiger partial charge < -0.3 is 14.8 Å². The molecule has 1 rings (SSSR count). The Labute approximate surface area is 135 Å². The molecule has 2 N–H and O–H groups in total. The lowest BCUT2D eigenvalue weighted by molar-refractivity contribution is -0.139. The highest BCUT2D eigenvalue weighted by atomic mass is 16.5. The second-order valence-corrected chi connectivity index (χ2v) is 4.84. The lowest BCUT2D eigenvalue weighted by atomic mass is 10.2. The molecule has 0 radical (unpaired) electrons. The normalized spacial score (nSPS) is 10.4. The summed E-state index contributed by atoms with van der Waals surface area (Å²) in [5.74, 6) is -0.458. The predicted octanol–water partition coefficient (Wildman–Crippen LogP) is 1.23. The molecule has 7 nitrogen and oxygen atoms in total. The second-order valence-electron chi connectivity index (χ2n) is 4.84. The standard InChI is InChI=1S/C16H21N3O4/c1-5-8-23-13-7-6-12(9-14(13)22-4)10-17-19-16(21)15(20)18-11(2)3/h5-7,9-11H,1,8H2,2-4H3,(H,18,20)(H,19,21)/b17-10-. The van der Waals surface area contributed by atoms with Crippen molar-refractivity contribution in [2.24, 2.45) is 5.10 Å². The maximum absolute atomic E-state index is 11.5. The zero-order valence-electron chi connectivity index (χ0n) is 13.5. The third kappa shape index (κ3) is 6.21. The molecule has 0 saturated heterocycles. The molecule has 0 aliphatic heterocycles. The quantitative estimate of drug-likeness (QED) is 0.342. The zero-order chi connectivity index (χ0) is 17.2. The van der Waals surface area contributed by atoms with Crippen molar-refractivity contribution < 1.29 is 19.1 Å². The molecule has 0 spiro atoms. The number of hydrogen-bond acceptors (Lipinski definition) is 5. The van der Waals surface area contributed by atoms with Crippen LogP contribution in [0.2, 0.25) is 0 Å². The molecule has 0 aliphatic rings. The van der Waals surface area contributed by atoms with Gasteiger partial charge in [0, 0.05) is 6.04 Å². The molecular formula is C16H21N3O4. The molecule has 1 aromatic carbocycles. The third-order valence-corrected chi connectivity index (χ3v) is 2.55. The Kier molecular flexibility index (Phi) is 7.32. The summed E-state index contributed by atoms with van der Waals surface area (Å²) in [6, 6.07) is 5.04. The summed E-state index contributed by atoms with van der Waals surface area (Å²) < 4.78 is 10.7. The molecule has 0 saturated carbocycles. The fourth-order valence-corrected chi connectivity index (χ4v) is 1.58. The average molecular weight is 319 g/mol. The van der Waals surface area contributed by atoms with E-state index in [1.54, 1.807) is 38.1 Å². The summed E-state index contributed by atoms with van der Waals surface area (Å²) in [4.78, 5) is 22.9. The predicted molar refractivity (Wildman–Crippen MR) is 87.7 cm³/mol. The van der Waals surface area contributed by atoms with Crippen molar-refractivity contribution >= 4 is 18.0 Å². The van der Waals surface area contributed by atoms with E-state index >= 15 is 0 Å². The van der Waals surface area contributed by atoms with Crippen molar-refractivity contribution in [2.75, 3.05) is 13.7 Å². The molecule has 0 fully saturated rings. The molecule has 0 unspecified atom stereocenters. The minimum Gasteiger partial charge on any atom is -0.493 e. The molecule has 23 heavy (non-hydrogen) atoms. The van der Waals surface area contributed by atoms with Crippen molar-refractivity contribution in [1.29, 1.82) is 0 Å². The number of carbonyl (C=O) groups is 2. The highest BCUT2D eigenvalue weighted by molar-refractivity contribution is 6.35. The molecule has 0 aliphatic carbocycles. The fourth-order valence-electron chi connectivity index (χ4n) is 1.58. The van der Waals surface area contributed by atoms with Crippen LogP contribution in [0, 0.1) is 0 Å². The Morgan fingerprint density at radius 3 is 2.65 bits per heavy atom. The number of hydrogen-bond donors (Lipinski definition) is 2. The van der Waals surface area contributed by atoms with Crippen LogP contribution >= 0.6 is 0 Å². The topological polar surface area (TPSA) is 89.0 Å². The molecule has 7 heteroatoms. The Hall–Kier alpha value is -2.83. The highest BCUT2D eigenvalue weighted by Crippen LogP contribution is 2.27. The minimum absolute atomic E-state index is 0.121. The van der Waals surface area contributed by atoms with E-state index in [0.29, 0.717) is 23.7 Å². The van der Waals surface area contributed by atoms with Gasteiger partial charge in [-0.25, -0.2) is 5.43 Å². The first-order valence-electron chi connectivity index (χ1n) is 7.03. The van der Waals surface area contributed by atoms with Crippen molar-refractivity contribution in [3.8, 4) is 11.5 Å². The van der Waals surface area contributed by atoms with Gasteiger partial charge in [-0.1, -0.05) is 12.7 Å². The fraction of sp³-hybridized carbons (Fsp3) is 0.312. The largest absolute Gasteiger partial charge is 0.493 e. The maximum atomic E-state index is 11.5. The van der Waals surface area contributed by atoms with E-state index in [0.717, 1.165) is 0 Å². The van der Waals surface area contributed by atoms with Gasteiger partial charge in [-0.05, 0) is 37.6 Å². The number of methoxy groups -OCH3 is 1. The van der Waals surface area contributed by atoms with Gasteiger partial charge in [0.1, 0.15) is 6.61 Å². The Bertz CT molecular complexity index is 597. The van der Waals surface area contributed by atoms with Crippen LogP contribution in [0.4, 0.5) is 0 Å². The number of nitrogens with zero attached hydrogens (tertiary/aromatic N) is 1. The van der Waals surface area contributed by atoms with E-state index in [1.807, 2.05) is 0 Å². The van der Waals surface area contributed by atoms with Gasteiger partial charge >= 0.3 is 11.8 Å². The van der Waals surface area contributed by atoms with Crippen molar-refractivity contribution in [1.82, 2.24) is 10.7 Å². The van der Waals surface area contributed by atoms with E-state index in [2.05, 4.69) is 22.4 Å². The van der Waals surface area contributed by atoms with Gasteiger partial charge in [-0.15, -0.1) is 0 Å². The Morgan fingerprint density at radius 1 is 1.30 bits per heavy atom. The van der Waals surface area contributed by atoms with Crippen LogP contribution in [0.25, 0.3) is 0 Å². The number of hydrazone groups is 1. The number of benzene rings is 1. The molecule has 1 aromatic rings. The monoisotopic (exact) mass is 319 g/mol. The second kappa shape index (κ2) is 9.24. The van der Waals surface area contributed by atoms with Crippen LogP contribution in [-0.4, -0.2) is 37.8 Å². The third-order valence-electron chi connectivity index (χ3n) is 2.55. The minimum atomic E-state index is -0.826. The van der Waals surface area contributed by atoms with Crippen LogP contribution < -0.4 is 20.2 Å². The van der Waals surface area contributed by atoms with Crippen LogP contribution in [0.1, 0.15) is 19.4 Å². The smallest absolute Gasteiger partial charge is 0.329 e. The lowest BCUT2D eigenvalue weighted by Gasteiger charge is -2.09. The Balaban J connectivity index is 2.68. The molecule has 0 aromatic heterocycles. The highest BCUT2D eigenvalue weighted by Gasteiger charge is 2.13. The zero-order valence-corrected chi connectivity index (χ0v) is 13.5. The van der Waals surface area contributed by atoms with Gasteiger partial charge in [-0.3, -0.25) is 9.59 Å². The number of carbonyl (C=O) groups excluding carboxylic acids is 2. The maximum Gasteiger partial charge on any atom is 0.329 e. The van der Waals surface area contributed by atoms with Crippen LogP contribution in [0.15, 0.2) is 36.0 Å². The molecule has 2 amide bonds. The SMILES string of the molecule is C=CCOc1ccc(/C=N\NC(=O)C(=O)NC(C)C)cc1OC. The van der Waals surface area contributed by atoms with Gasteiger partial charge in [0.05, 0.1) is 13.3 Å². The first kappa shape index (κ1) is 18.2. The summed E-state index contributed by atoms with van der Waals surface area (Å²) in [5, 5.41) is 6.21. The molecule has 124 valence electrons. The number of ether oxygens (including phenoxy) is 2. The molecule has 0 bridgehead atoms. The van der Waals surface area contributed by atoms with Gasteiger partial charge in [0.2, 0.25) is 0 Å². The number of nitrogens with one attached hydrogen (secondary N) is 2. The van der Waals surface area contributed by atoms with E-state index in [-0.39, 0.29) is 6.04 Å². The number of rotatable bonds is 7. The van der Waals surface area contributed by atoms with Gasteiger partial charge in [0.25, 0.3) is 0 Å². The van der Waals surface area contributed by atoms with E-state index in [4.69, 9.17) is 9.47 Å². The average Bonchev–Trinajstić information content (AvgIpc) is 2.52. The summed E-state index contributed by atoms with van der Waals surface area (Å²) in [7, 11) is 1.52. The molecule has 0 atom stereocenters. The van der Waals surface area contributed by atoms with Crippen LogP contribution in [0.3, 0.4) is 0 Å². The molecule has 0 heterocycles. The summed E-state index contributed by atoms with van der Waals surface area (Å²) in [6.45, 7) is 7.47. The van der Waals surface area contributed by atoms with E-state index in [1.165, 1.54) is 13.3 Å². The number of amides is 2. The van der Waals surface area contributed by atoms with Crippen molar-refractivity contribution in [2.45, 2.75) is 19.9 Å². The van der Waals surface area contributed by atoms with Crippen molar-refractivity contribution in [3.63, 3.8) is 0 Å². The Morgan fingerprint density at radius 2 is 2.04 bits per heavy atom. The van der Waals surface area contributed by atoms with E-state index < -0.39 is 11.8 Å². The van der Waals surface area contributed by atoms with E-state index in [9.17, 15) is 9.59 Å². The summed E-state index contributed by atoms with van der Waals surface area (Å²) in [5.41, 5.74) is 2.83. The van der Waals surface area contributed by atoms with Crippen LogP contribution in [-0.2, 0) is 9.59 Å².